The maximum atomic E-state index is 8.66. The van der Waals surface area contributed by atoms with E-state index in [1.807, 2.05) is 38.4 Å². The maximum absolute atomic E-state index is 8.66. The van der Waals surface area contributed by atoms with Crippen molar-refractivity contribution in [3.8, 4) is 12.1 Å². The van der Waals surface area contributed by atoms with Crippen molar-refractivity contribution < 1.29 is 0 Å². The molecule has 0 bridgehead atoms. The molecule has 0 fully saturated rings. The molecular formula is C18H15N3. The first-order chi connectivity index (χ1) is 10.1. The Kier molecular flexibility index (Phi) is 4.39. The number of hydrogen-bond donors (Lipinski definition) is 0. The highest BCUT2D eigenvalue weighted by Crippen LogP contribution is 2.22. The Bertz CT molecular complexity index is 783. The van der Waals surface area contributed by atoms with Crippen LogP contribution >= 0.6 is 0 Å². The highest BCUT2D eigenvalue weighted by atomic mass is 15.1. The van der Waals surface area contributed by atoms with Crippen LogP contribution in [0.5, 0.6) is 0 Å². The van der Waals surface area contributed by atoms with Crippen molar-refractivity contribution in [2.24, 2.45) is 0 Å². The summed E-state index contributed by atoms with van der Waals surface area (Å²) in [7, 11) is 4.04. The third kappa shape index (κ3) is 3.49. The molecule has 0 radical (unpaired) electrons. The number of nitrogens with zero attached hydrogens (tertiary/aromatic N) is 3. The van der Waals surface area contributed by atoms with E-state index < -0.39 is 0 Å². The molecule has 0 amide bonds. The quantitative estimate of drug-likeness (QED) is 0.629. The zero-order valence-corrected chi connectivity index (χ0v) is 12.0. The zero-order valence-electron chi connectivity index (χ0n) is 12.0. The standard InChI is InChI=1S/C18H15N3/c1-21(2)18-9-8-16-10-14(6-7-17(16)11-18)4-3-5-15(12-19)13-20/h3-11H,1-2H3/b4-3+. The van der Waals surface area contributed by atoms with Crippen LogP contribution in [0.4, 0.5) is 5.69 Å². The highest BCUT2D eigenvalue weighted by molar-refractivity contribution is 5.87. The van der Waals surface area contributed by atoms with Crippen molar-refractivity contribution in [1.29, 1.82) is 10.5 Å². The van der Waals surface area contributed by atoms with Gasteiger partial charge >= 0.3 is 0 Å². The van der Waals surface area contributed by atoms with Crippen molar-refractivity contribution in [3.63, 3.8) is 0 Å². The fourth-order valence-electron chi connectivity index (χ4n) is 1.99. The lowest BCUT2D eigenvalue weighted by molar-refractivity contribution is 1.14. The Hall–Kier alpha value is -3.04. The summed E-state index contributed by atoms with van der Waals surface area (Å²) in [4.78, 5) is 2.07. The first-order valence-electron chi connectivity index (χ1n) is 6.54. The van der Waals surface area contributed by atoms with Crippen molar-refractivity contribution >= 4 is 22.5 Å². The van der Waals surface area contributed by atoms with Crippen molar-refractivity contribution in [1.82, 2.24) is 0 Å². The Balaban J connectivity index is 2.30. The average Bonchev–Trinajstić information content (AvgIpc) is 2.51. The minimum absolute atomic E-state index is 0.0997. The zero-order chi connectivity index (χ0) is 15.2. The van der Waals surface area contributed by atoms with E-state index in [2.05, 4.69) is 35.2 Å². The van der Waals surface area contributed by atoms with Gasteiger partial charge in [-0.3, -0.25) is 0 Å². The Morgan fingerprint density at radius 1 is 1.00 bits per heavy atom. The predicted molar refractivity (Wildman–Crippen MR) is 86.6 cm³/mol. The number of rotatable bonds is 3. The van der Waals surface area contributed by atoms with Gasteiger partial charge in [0.1, 0.15) is 17.7 Å². The van der Waals surface area contributed by atoms with E-state index in [0.29, 0.717) is 0 Å². The lowest BCUT2D eigenvalue weighted by Gasteiger charge is -2.13. The summed E-state index contributed by atoms with van der Waals surface area (Å²) in [6, 6.07) is 16.1. The molecule has 0 heterocycles. The van der Waals surface area contributed by atoms with Gasteiger partial charge in [-0.1, -0.05) is 30.4 Å². The minimum atomic E-state index is 0.0997. The molecule has 0 aliphatic rings. The molecule has 0 aliphatic carbocycles. The van der Waals surface area contributed by atoms with E-state index in [0.717, 1.165) is 10.9 Å². The number of nitriles is 2. The second-order valence-electron chi connectivity index (χ2n) is 4.85. The van der Waals surface area contributed by atoms with E-state index in [4.69, 9.17) is 10.5 Å². The molecule has 0 spiro atoms. The fourth-order valence-corrected chi connectivity index (χ4v) is 1.99. The SMILES string of the molecule is CN(C)c1ccc2cc(/C=C/C=C(C#N)C#N)ccc2c1. The molecule has 0 aliphatic heterocycles. The average molecular weight is 273 g/mol. The highest BCUT2D eigenvalue weighted by Gasteiger charge is 1.98. The molecule has 0 unspecified atom stereocenters. The molecule has 0 atom stereocenters. The third-order valence-electron chi connectivity index (χ3n) is 3.16. The molecular weight excluding hydrogens is 258 g/mol. The van der Waals surface area contributed by atoms with E-state index in [1.165, 1.54) is 17.1 Å². The smallest absolute Gasteiger partial charge is 0.129 e. The Labute approximate surface area is 124 Å². The van der Waals surface area contributed by atoms with Gasteiger partial charge in [0.15, 0.2) is 0 Å². The monoisotopic (exact) mass is 273 g/mol. The number of allylic oxidation sites excluding steroid dienone is 3. The lowest BCUT2D eigenvalue weighted by Crippen LogP contribution is -2.07. The molecule has 0 saturated heterocycles. The van der Waals surface area contributed by atoms with Gasteiger partial charge in [-0.25, -0.2) is 0 Å². The second kappa shape index (κ2) is 6.41. The van der Waals surface area contributed by atoms with E-state index >= 15 is 0 Å². The summed E-state index contributed by atoms with van der Waals surface area (Å²) in [6.45, 7) is 0. The van der Waals surface area contributed by atoms with Crippen LogP contribution in [0.1, 0.15) is 5.56 Å². The second-order valence-corrected chi connectivity index (χ2v) is 4.85. The van der Waals surface area contributed by atoms with Gasteiger partial charge in [0.25, 0.3) is 0 Å². The Morgan fingerprint density at radius 2 is 1.67 bits per heavy atom. The van der Waals surface area contributed by atoms with Gasteiger partial charge in [0, 0.05) is 19.8 Å². The molecule has 2 aromatic rings. The molecule has 2 rings (SSSR count). The van der Waals surface area contributed by atoms with Crippen LogP contribution in [-0.4, -0.2) is 14.1 Å². The van der Waals surface area contributed by atoms with Crippen LogP contribution < -0.4 is 4.90 Å². The molecule has 21 heavy (non-hydrogen) atoms. The van der Waals surface area contributed by atoms with Crippen LogP contribution in [0.15, 0.2) is 54.1 Å². The van der Waals surface area contributed by atoms with Gasteiger partial charge in [-0.2, -0.15) is 10.5 Å². The molecule has 2 aromatic carbocycles. The molecule has 102 valence electrons. The summed E-state index contributed by atoms with van der Waals surface area (Å²) in [5.74, 6) is 0. The van der Waals surface area contributed by atoms with Crippen molar-refractivity contribution in [2.75, 3.05) is 19.0 Å². The van der Waals surface area contributed by atoms with E-state index in [9.17, 15) is 0 Å². The van der Waals surface area contributed by atoms with Crippen LogP contribution in [0.3, 0.4) is 0 Å². The predicted octanol–water partition coefficient (Wildman–Crippen LogP) is 3.89. The third-order valence-corrected chi connectivity index (χ3v) is 3.16. The van der Waals surface area contributed by atoms with Gasteiger partial charge in [-0.05, 0) is 40.6 Å². The van der Waals surface area contributed by atoms with Crippen LogP contribution in [0, 0.1) is 22.7 Å². The summed E-state index contributed by atoms with van der Waals surface area (Å²) in [5, 5.41) is 19.7. The van der Waals surface area contributed by atoms with Crippen molar-refractivity contribution in [3.05, 3.63) is 59.7 Å². The van der Waals surface area contributed by atoms with Gasteiger partial charge in [0.05, 0.1) is 0 Å². The van der Waals surface area contributed by atoms with E-state index in [1.54, 1.807) is 6.08 Å². The summed E-state index contributed by atoms with van der Waals surface area (Å²) in [6.07, 6.45) is 5.12. The summed E-state index contributed by atoms with van der Waals surface area (Å²) >= 11 is 0. The number of benzene rings is 2. The topological polar surface area (TPSA) is 50.8 Å². The van der Waals surface area contributed by atoms with Crippen LogP contribution in [-0.2, 0) is 0 Å². The van der Waals surface area contributed by atoms with Gasteiger partial charge in [0.2, 0.25) is 0 Å². The fraction of sp³-hybridized carbons (Fsp3) is 0.111. The van der Waals surface area contributed by atoms with E-state index in [-0.39, 0.29) is 5.57 Å². The van der Waals surface area contributed by atoms with Crippen LogP contribution in [0.2, 0.25) is 0 Å². The number of fused-ring (bicyclic) bond motifs is 1. The first-order valence-corrected chi connectivity index (χ1v) is 6.54. The van der Waals surface area contributed by atoms with Crippen molar-refractivity contribution in [2.45, 2.75) is 0 Å². The normalized spacial score (nSPS) is 10.1. The summed E-state index contributed by atoms with van der Waals surface area (Å²) in [5.41, 5.74) is 2.30. The van der Waals surface area contributed by atoms with Gasteiger partial charge < -0.3 is 4.90 Å². The molecule has 0 aromatic heterocycles. The number of hydrogen-bond acceptors (Lipinski definition) is 3. The Morgan fingerprint density at radius 3 is 2.33 bits per heavy atom. The minimum Gasteiger partial charge on any atom is -0.378 e. The van der Waals surface area contributed by atoms with Gasteiger partial charge in [-0.15, -0.1) is 0 Å². The molecule has 0 saturated carbocycles. The first kappa shape index (κ1) is 14.4. The largest absolute Gasteiger partial charge is 0.378 e. The molecule has 0 N–H and O–H groups in total. The molecule has 3 nitrogen and oxygen atoms in total. The maximum Gasteiger partial charge on any atom is 0.129 e. The molecule has 3 heteroatoms. The number of anilines is 1. The summed E-state index contributed by atoms with van der Waals surface area (Å²) < 4.78 is 0. The lowest BCUT2D eigenvalue weighted by atomic mass is 10.1. The van der Waals surface area contributed by atoms with Crippen LogP contribution in [0.25, 0.3) is 16.8 Å².